The molecule has 1 saturated heterocycles. The Kier molecular flexibility index (Phi) is 5.61. The van der Waals surface area contributed by atoms with Gasteiger partial charge in [0.2, 0.25) is 0 Å². The lowest BCUT2D eigenvalue weighted by atomic mass is 9.93. The minimum absolute atomic E-state index is 0.0308. The molecule has 1 aromatic carbocycles. The van der Waals surface area contributed by atoms with Crippen molar-refractivity contribution in [1.82, 2.24) is 14.7 Å². The number of methoxy groups -OCH3 is 1. The number of carbonyl (C=O) groups excluding carboxylic acids is 2. The number of aryl methyl sites for hydroxylation is 1. The van der Waals surface area contributed by atoms with E-state index in [1.807, 2.05) is 23.1 Å². The van der Waals surface area contributed by atoms with Crippen LogP contribution in [0.25, 0.3) is 11.3 Å². The number of benzene rings is 1. The first-order valence-corrected chi connectivity index (χ1v) is 9.02. The molecule has 1 aromatic heterocycles. The molecule has 0 N–H and O–H groups in total. The molecule has 26 heavy (non-hydrogen) atoms. The second-order valence-electron chi connectivity index (χ2n) is 6.56. The van der Waals surface area contributed by atoms with E-state index in [2.05, 4.69) is 5.10 Å². The molecular weight excluding hydrogens is 354 g/mol. The quantitative estimate of drug-likeness (QED) is 0.770. The molecule has 0 unspecified atom stereocenters. The van der Waals surface area contributed by atoms with Gasteiger partial charge in [-0.15, -0.1) is 0 Å². The van der Waals surface area contributed by atoms with Crippen molar-refractivity contribution in [2.75, 3.05) is 20.2 Å². The third-order valence-electron chi connectivity index (χ3n) is 4.82. The number of esters is 1. The Bertz CT molecular complexity index is 793. The van der Waals surface area contributed by atoms with Gasteiger partial charge in [-0.25, -0.2) is 0 Å². The molecular formula is C19H22ClN3O3. The lowest BCUT2D eigenvalue weighted by Crippen LogP contribution is -2.39. The van der Waals surface area contributed by atoms with Gasteiger partial charge in [-0.1, -0.05) is 23.7 Å². The number of hydrogen-bond acceptors (Lipinski definition) is 4. The number of amides is 1. The maximum absolute atomic E-state index is 12.9. The largest absolute Gasteiger partial charge is 0.469 e. The van der Waals surface area contributed by atoms with Gasteiger partial charge in [0.1, 0.15) is 5.69 Å². The van der Waals surface area contributed by atoms with Gasteiger partial charge in [-0.2, -0.15) is 5.10 Å². The number of aromatic nitrogens is 2. The molecule has 2 aromatic rings. The molecule has 7 heteroatoms. The molecule has 1 fully saturated rings. The Balaban J connectivity index is 1.67. The fourth-order valence-electron chi connectivity index (χ4n) is 3.25. The number of ether oxygens (including phenoxy) is 1. The van der Waals surface area contributed by atoms with E-state index in [0.717, 1.165) is 24.1 Å². The number of hydrogen-bond donors (Lipinski definition) is 0. The van der Waals surface area contributed by atoms with E-state index in [-0.39, 0.29) is 17.8 Å². The van der Waals surface area contributed by atoms with E-state index in [1.165, 1.54) is 7.11 Å². The van der Waals surface area contributed by atoms with Crippen molar-refractivity contribution in [3.63, 3.8) is 0 Å². The van der Waals surface area contributed by atoms with Crippen LogP contribution in [0.15, 0.2) is 30.3 Å². The van der Waals surface area contributed by atoms with Crippen LogP contribution in [-0.2, 0) is 16.6 Å². The van der Waals surface area contributed by atoms with Gasteiger partial charge in [0.05, 0.1) is 12.8 Å². The Morgan fingerprint density at radius 1 is 1.23 bits per heavy atom. The van der Waals surface area contributed by atoms with Crippen molar-refractivity contribution in [2.45, 2.75) is 19.3 Å². The van der Waals surface area contributed by atoms with Crippen LogP contribution in [0, 0.1) is 5.92 Å². The summed E-state index contributed by atoms with van der Waals surface area (Å²) in [5.74, 6) is 0.0633. The van der Waals surface area contributed by atoms with Crippen molar-refractivity contribution in [3.8, 4) is 11.3 Å². The van der Waals surface area contributed by atoms with E-state index < -0.39 is 0 Å². The van der Waals surface area contributed by atoms with E-state index >= 15 is 0 Å². The third-order valence-corrected chi connectivity index (χ3v) is 5.08. The normalized spacial score (nSPS) is 15.1. The molecule has 0 saturated carbocycles. The summed E-state index contributed by atoms with van der Waals surface area (Å²) < 4.78 is 6.34. The first kappa shape index (κ1) is 18.5. The number of halogens is 1. The predicted molar refractivity (Wildman–Crippen MR) is 98.9 cm³/mol. The van der Waals surface area contributed by atoms with E-state index in [4.69, 9.17) is 16.3 Å². The SMILES string of the molecule is COC(=O)CC1CCN(C(=O)c2cc(-c3ccc(Cl)cc3)nn2C)CC1. The highest BCUT2D eigenvalue weighted by Crippen LogP contribution is 2.25. The average molecular weight is 376 g/mol. The first-order chi connectivity index (χ1) is 12.5. The van der Waals surface area contributed by atoms with Gasteiger partial charge in [0.25, 0.3) is 5.91 Å². The van der Waals surface area contributed by atoms with Crippen molar-refractivity contribution in [1.29, 1.82) is 0 Å². The van der Waals surface area contributed by atoms with Crippen LogP contribution in [0.4, 0.5) is 0 Å². The summed E-state index contributed by atoms with van der Waals surface area (Å²) in [6.07, 6.45) is 2.04. The number of carbonyl (C=O) groups is 2. The summed E-state index contributed by atoms with van der Waals surface area (Å²) in [6, 6.07) is 9.19. The first-order valence-electron chi connectivity index (χ1n) is 8.64. The van der Waals surface area contributed by atoms with Crippen LogP contribution in [0.5, 0.6) is 0 Å². The Morgan fingerprint density at radius 3 is 2.50 bits per heavy atom. The molecule has 1 aliphatic heterocycles. The van der Waals surface area contributed by atoms with Gasteiger partial charge in [0.15, 0.2) is 0 Å². The highest BCUT2D eigenvalue weighted by molar-refractivity contribution is 6.30. The van der Waals surface area contributed by atoms with Gasteiger partial charge in [0, 0.05) is 37.1 Å². The third kappa shape index (κ3) is 4.07. The van der Waals surface area contributed by atoms with Crippen molar-refractivity contribution in [2.24, 2.45) is 13.0 Å². The summed E-state index contributed by atoms with van der Waals surface area (Å²) in [4.78, 5) is 26.1. The van der Waals surface area contributed by atoms with Gasteiger partial charge in [-0.3, -0.25) is 14.3 Å². The monoisotopic (exact) mass is 375 g/mol. The van der Waals surface area contributed by atoms with E-state index in [1.54, 1.807) is 23.9 Å². The standard InChI is InChI=1S/C19H22ClN3O3/c1-22-17(12-16(21-22)14-3-5-15(20)6-4-14)19(25)23-9-7-13(8-10-23)11-18(24)26-2/h3-6,12-13H,7-11H2,1-2H3. The molecule has 3 rings (SSSR count). The molecule has 1 aliphatic rings. The lowest BCUT2D eigenvalue weighted by molar-refractivity contribution is -0.142. The predicted octanol–water partition coefficient (Wildman–Crippen LogP) is 3.16. The Labute approximate surface area is 157 Å². The number of likely N-dealkylation sites (tertiary alicyclic amines) is 1. The molecule has 0 radical (unpaired) electrons. The zero-order valence-corrected chi connectivity index (χ0v) is 15.7. The fourth-order valence-corrected chi connectivity index (χ4v) is 3.38. The molecule has 0 bridgehead atoms. The van der Waals surface area contributed by atoms with Gasteiger partial charge in [-0.05, 0) is 37.0 Å². The second kappa shape index (κ2) is 7.91. The zero-order valence-electron chi connectivity index (χ0n) is 14.9. The van der Waals surface area contributed by atoms with Crippen LogP contribution in [-0.4, -0.2) is 46.8 Å². The summed E-state index contributed by atoms with van der Waals surface area (Å²) >= 11 is 5.92. The topological polar surface area (TPSA) is 64.4 Å². The summed E-state index contributed by atoms with van der Waals surface area (Å²) in [7, 11) is 3.18. The number of nitrogens with zero attached hydrogens (tertiary/aromatic N) is 3. The molecule has 0 spiro atoms. The lowest BCUT2D eigenvalue weighted by Gasteiger charge is -2.31. The molecule has 138 valence electrons. The Hall–Kier alpha value is -2.34. The average Bonchev–Trinajstić information content (AvgIpc) is 3.04. The maximum Gasteiger partial charge on any atom is 0.305 e. The zero-order chi connectivity index (χ0) is 18.7. The highest BCUT2D eigenvalue weighted by Gasteiger charge is 2.27. The molecule has 1 amide bonds. The van der Waals surface area contributed by atoms with Crippen molar-refractivity contribution >= 4 is 23.5 Å². The summed E-state index contributed by atoms with van der Waals surface area (Å²) in [5.41, 5.74) is 2.22. The minimum atomic E-state index is -0.186. The number of rotatable bonds is 4. The smallest absolute Gasteiger partial charge is 0.305 e. The van der Waals surface area contributed by atoms with Crippen LogP contribution >= 0.6 is 11.6 Å². The Morgan fingerprint density at radius 2 is 1.88 bits per heavy atom. The van der Waals surface area contributed by atoms with E-state index in [9.17, 15) is 9.59 Å². The molecule has 6 nitrogen and oxygen atoms in total. The van der Waals surface area contributed by atoms with Gasteiger partial charge >= 0.3 is 5.97 Å². The summed E-state index contributed by atoms with van der Waals surface area (Å²) in [5, 5.41) is 5.12. The van der Waals surface area contributed by atoms with Crippen LogP contribution in [0.3, 0.4) is 0 Å². The minimum Gasteiger partial charge on any atom is -0.469 e. The van der Waals surface area contributed by atoms with Crippen LogP contribution in [0.2, 0.25) is 5.02 Å². The molecule has 0 atom stereocenters. The van der Waals surface area contributed by atoms with Crippen LogP contribution < -0.4 is 0 Å². The molecule has 2 heterocycles. The number of piperidine rings is 1. The summed E-state index contributed by atoms with van der Waals surface area (Å²) in [6.45, 7) is 1.28. The van der Waals surface area contributed by atoms with E-state index in [0.29, 0.717) is 30.2 Å². The molecule has 0 aliphatic carbocycles. The highest BCUT2D eigenvalue weighted by atomic mass is 35.5. The maximum atomic E-state index is 12.9. The van der Waals surface area contributed by atoms with Gasteiger partial charge < -0.3 is 9.64 Å². The van der Waals surface area contributed by atoms with Crippen LogP contribution in [0.1, 0.15) is 29.8 Å². The second-order valence-corrected chi connectivity index (χ2v) is 7.00. The van der Waals surface area contributed by atoms with Crippen molar-refractivity contribution in [3.05, 3.63) is 41.0 Å². The fraction of sp³-hybridized carbons (Fsp3) is 0.421. The van der Waals surface area contributed by atoms with Crippen molar-refractivity contribution < 1.29 is 14.3 Å².